The molecule has 26 heavy (non-hydrogen) atoms. The quantitative estimate of drug-likeness (QED) is 0.655. The summed E-state index contributed by atoms with van der Waals surface area (Å²) in [7, 11) is 0. The van der Waals surface area contributed by atoms with Crippen LogP contribution in [0.4, 0.5) is 28.8 Å². The minimum absolute atomic E-state index is 0.457. The van der Waals surface area contributed by atoms with E-state index in [1.807, 2.05) is 30.3 Å². The van der Waals surface area contributed by atoms with Crippen molar-refractivity contribution in [3.8, 4) is 0 Å². The Balaban J connectivity index is 1.76. The van der Waals surface area contributed by atoms with E-state index >= 15 is 0 Å². The first-order chi connectivity index (χ1) is 12.7. The van der Waals surface area contributed by atoms with Crippen molar-refractivity contribution in [1.82, 2.24) is 15.2 Å². The number of hydrogen-bond donors (Lipinski definition) is 2. The number of nitrogens with zero attached hydrogens (tertiary/aromatic N) is 4. The van der Waals surface area contributed by atoms with Crippen LogP contribution in [0.2, 0.25) is 0 Å². The highest BCUT2D eigenvalue weighted by molar-refractivity contribution is 5.65. The van der Waals surface area contributed by atoms with Crippen LogP contribution < -0.4 is 15.5 Å². The van der Waals surface area contributed by atoms with Gasteiger partial charge in [-0.1, -0.05) is 18.2 Å². The van der Waals surface area contributed by atoms with Crippen LogP contribution in [0.1, 0.15) is 19.4 Å². The number of aryl methyl sites for hydroxylation is 1. The third-order valence-electron chi connectivity index (χ3n) is 4.19. The molecule has 0 spiro atoms. The smallest absolute Gasteiger partial charge is 0.249 e. The number of rotatable bonds is 7. The molecule has 0 saturated carbocycles. The third kappa shape index (κ3) is 4.27. The molecule has 3 aromatic rings. The Hall–Kier alpha value is -3.15. The van der Waals surface area contributed by atoms with Crippen molar-refractivity contribution in [2.45, 2.75) is 20.8 Å². The number of anilines is 5. The first kappa shape index (κ1) is 17.7. The van der Waals surface area contributed by atoms with Crippen LogP contribution in [0.25, 0.3) is 0 Å². The fourth-order valence-electron chi connectivity index (χ4n) is 2.78. The van der Waals surface area contributed by atoms with E-state index in [0.717, 1.165) is 30.0 Å². The molecule has 1 aromatic heterocycles. The molecule has 6 heteroatoms. The van der Waals surface area contributed by atoms with Crippen LogP contribution in [0.5, 0.6) is 0 Å². The van der Waals surface area contributed by atoms with Gasteiger partial charge in [0.25, 0.3) is 0 Å². The lowest BCUT2D eigenvalue weighted by Crippen LogP contribution is -2.21. The van der Waals surface area contributed by atoms with Gasteiger partial charge in [0.05, 0.1) is 6.20 Å². The van der Waals surface area contributed by atoms with Crippen molar-refractivity contribution in [3.63, 3.8) is 0 Å². The van der Waals surface area contributed by atoms with Crippen molar-refractivity contribution >= 4 is 28.8 Å². The van der Waals surface area contributed by atoms with Crippen LogP contribution in [0, 0.1) is 6.92 Å². The van der Waals surface area contributed by atoms with Gasteiger partial charge in [0.1, 0.15) is 0 Å². The van der Waals surface area contributed by atoms with Crippen molar-refractivity contribution in [3.05, 3.63) is 60.3 Å². The molecule has 0 unspecified atom stereocenters. The molecule has 0 saturated heterocycles. The summed E-state index contributed by atoms with van der Waals surface area (Å²) in [4.78, 5) is 6.81. The summed E-state index contributed by atoms with van der Waals surface area (Å²) in [5.41, 5.74) is 4.31. The minimum Gasteiger partial charge on any atom is -0.372 e. The van der Waals surface area contributed by atoms with Crippen molar-refractivity contribution < 1.29 is 0 Å². The molecular formula is C20H24N6. The maximum Gasteiger partial charge on any atom is 0.249 e. The third-order valence-corrected chi connectivity index (χ3v) is 4.19. The van der Waals surface area contributed by atoms with Crippen molar-refractivity contribution in [2.75, 3.05) is 28.6 Å². The van der Waals surface area contributed by atoms with Gasteiger partial charge in [-0.3, -0.25) is 0 Å². The van der Waals surface area contributed by atoms with Gasteiger partial charge in [-0.05, 0) is 56.7 Å². The molecule has 1 heterocycles. The summed E-state index contributed by atoms with van der Waals surface area (Å²) in [5, 5.41) is 14.6. The van der Waals surface area contributed by atoms with Crippen LogP contribution in [-0.2, 0) is 0 Å². The normalized spacial score (nSPS) is 10.4. The minimum atomic E-state index is 0.457. The van der Waals surface area contributed by atoms with E-state index in [9.17, 15) is 0 Å². The van der Waals surface area contributed by atoms with E-state index in [-0.39, 0.29) is 0 Å². The molecule has 3 rings (SSSR count). The second kappa shape index (κ2) is 8.29. The molecule has 0 bridgehead atoms. The predicted molar refractivity (Wildman–Crippen MR) is 108 cm³/mol. The molecular weight excluding hydrogens is 324 g/mol. The van der Waals surface area contributed by atoms with Gasteiger partial charge >= 0.3 is 0 Å². The number of aromatic nitrogens is 3. The van der Waals surface area contributed by atoms with Crippen LogP contribution in [-0.4, -0.2) is 28.3 Å². The lowest BCUT2D eigenvalue weighted by Gasteiger charge is -2.22. The van der Waals surface area contributed by atoms with Crippen molar-refractivity contribution in [1.29, 1.82) is 0 Å². The molecule has 0 fully saturated rings. The number of benzene rings is 2. The van der Waals surface area contributed by atoms with E-state index in [1.165, 1.54) is 5.69 Å². The van der Waals surface area contributed by atoms with Crippen molar-refractivity contribution in [2.24, 2.45) is 0 Å². The molecule has 0 aliphatic carbocycles. The summed E-state index contributed by atoms with van der Waals surface area (Å²) in [6, 6.07) is 16.2. The summed E-state index contributed by atoms with van der Waals surface area (Å²) in [5.74, 6) is 1.11. The Morgan fingerprint density at radius 3 is 2.42 bits per heavy atom. The van der Waals surface area contributed by atoms with Gasteiger partial charge in [-0.2, -0.15) is 10.1 Å². The molecule has 0 amide bonds. The Morgan fingerprint density at radius 2 is 1.73 bits per heavy atom. The van der Waals surface area contributed by atoms with Gasteiger partial charge < -0.3 is 15.5 Å². The zero-order valence-electron chi connectivity index (χ0n) is 15.4. The van der Waals surface area contributed by atoms with Gasteiger partial charge in [-0.15, -0.1) is 5.10 Å². The Labute approximate surface area is 154 Å². The number of para-hydroxylation sites is 1. The van der Waals surface area contributed by atoms with Crippen LogP contribution in [0.3, 0.4) is 0 Å². The highest BCUT2D eigenvalue weighted by atomic mass is 15.3. The molecule has 0 radical (unpaired) electrons. The van der Waals surface area contributed by atoms with E-state index in [4.69, 9.17) is 0 Å². The SMILES string of the molecule is CCN(CC)c1ccc(Nc2cnnc(Nc3ccccc3)n2)c(C)c1. The van der Waals surface area contributed by atoms with E-state index < -0.39 is 0 Å². The maximum atomic E-state index is 4.49. The molecule has 0 atom stereocenters. The fourth-order valence-corrected chi connectivity index (χ4v) is 2.78. The van der Waals surface area contributed by atoms with E-state index in [2.05, 4.69) is 69.7 Å². The highest BCUT2D eigenvalue weighted by Gasteiger charge is 2.07. The Bertz CT molecular complexity index is 846. The first-order valence-electron chi connectivity index (χ1n) is 8.84. The summed E-state index contributed by atoms with van der Waals surface area (Å²) >= 11 is 0. The maximum absolute atomic E-state index is 4.49. The Kier molecular flexibility index (Phi) is 5.63. The van der Waals surface area contributed by atoms with Crippen LogP contribution >= 0.6 is 0 Å². The first-order valence-corrected chi connectivity index (χ1v) is 8.84. The van der Waals surface area contributed by atoms with Gasteiger partial charge in [0, 0.05) is 30.2 Å². The van der Waals surface area contributed by atoms with Gasteiger partial charge in [0.15, 0.2) is 5.82 Å². The molecule has 134 valence electrons. The molecule has 6 nitrogen and oxygen atoms in total. The number of hydrogen-bond acceptors (Lipinski definition) is 6. The molecule has 0 aliphatic heterocycles. The lowest BCUT2D eigenvalue weighted by molar-refractivity contribution is 0.866. The fraction of sp³-hybridized carbons (Fsp3) is 0.250. The Morgan fingerprint density at radius 1 is 0.962 bits per heavy atom. The molecule has 2 aromatic carbocycles. The zero-order chi connectivity index (χ0) is 18.4. The highest BCUT2D eigenvalue weighted by Crippen LogP contribution is 2.25. The van der Waals surface area contributed by atoms with Gasteiger partial charge in [0.2, 0.25) is 5.95 Å². The molecule has 0 aliphatic rings. The topological polar surface area (TPSA) is 66.0 Å². The van der Waals surface area contributed by atoms with E-state index in [1.54, 1.807) is 6.20 Å². The average Bonchev–Trinajstić information content (AvgIpc) is 2.66. The standard InChI is InChI=1S/C20H24N6/c1-4-26(5-2)17-11-12-18(15(3)13-17)23-19-14-21-25-20(24-19)22-16-9-7-6-8-10-16/h6-14H,4-5H2,1-3H3,(H2,22,23,24,25). The zero-order valence-corrected chi connectivity index (χ0v) is 15.4. The second-order valence-electron chi connectivity index (χ2n) is 5.95. The molecule has 2 N–H and O–H groups in total. The largest absolute Gasteiger partial charge is 0.372 e. The lowest BCUT2D eigenvalue weighted by atomic mass is 10.1. The summed E-state index contributed by atoms with van der Waals surface area (Å²) in [6.45, 7) is 8.41. The van der Waals surface area contributed by atoms with E-state index in [0.29, 0.717) is 11.8 Å². The predicted octanol–water partition coefficient (Wildman–Crippen LogP) is 4.51. The average molecular weight is 348 g/mol. The van der Waals surface area contributed by atoms with Gasteiger partial charge in [-0.25, -0.2) is 0 Å². The number of nitrogens with one attached hydrogen (secondary N) is 2. The summed E-state index contributed by atoms with van der Waals surface area (Å²) in [6.07, 6.45) is 1.62. The monoisotopic (exact) mass is 348 g/mol. The second-order valence-corrected chi connectivity index (χ2v) is 5.95. The van der Waals surface area contributed by atoms with Crippen LogP contribution in [0.15, 0.2) is 54.7 Å². The summed E-state index contributed by atoms with van der Waals surface area (Å²) < 4.78 is 0.